The fourth-order valence-corrected chi connectivity index (χ4v) is 1.78. The maximum Gasteiger partial charge on any atom is 0.397 e. The lowest BCUT2D eigenvalue weighted by Gasteiger charge is -2.52. The molecule has 164 valence electrons. The minimum Gasteiger partial charge on any atom is -0.418 e. The first kappa shape index (κ1) is 24.0. The molecular weight excluding hydrogens is 456 g/mol. The highest BCUT2D eigenvalue weighted by molar-refractivity contribution is 5.25. The molecule has 18 heteroatoms. The summed E-state index contributed by atoms with van der Waals surface area (Å²) in [6, 6.07) is -8.28. The van der Waals surface area contributed by atoms with Crippen LogP contribution in [0.5, 0.6) is 0 Å². The van der Waals surface area contributed by atoms with Crippen LogP contribution in [0.2, 0.25) is 0 Å². The van der Waals surface area contributed by atoms with Crippen LogP contribution in [-0.2, 0) is 9.47 Å². The van der Waals surface area contributed by atoms with Crippen LogP contribution in [0.15, 0.2) is 24.2 Å². The molecule has 2 unspecified atom stereocenters. The van der Waals surface area contributed by atoms with Gasteiger partial charge >= 0.3 is 59.6 Å². The first-order chi connectivity index (χ1) is 12.2. The summed E-state index contributed by atoms with van der Waals surface area (Å²) in [6.07, 6.45) is -8.20. The summed E-state index contributed by atoms with van der Waals surface area (Å²) in [4.78, 5) is 0. The first-order valence-corrected chi connectivity index (χ1v) is 5.84. The third-order valence-electron chi connectivity index (χ3n) is 3.16. The van der Waals surface area contributed by atoms with E-state index in [1.54, 1.807) is 0 Å². The van der Waals surface area contributed by atoms with Gasteiger partial charge in [0.1, 0.15) is 0 Å². The quantitative estimate of drug-likeness (QED) is 0.383. The summed E-state index contributed by atoms with van der Waals surface area (Å²) in [5.41, 5.74) is 0. The Balaban J connectivity index is 3.95. The van der Waals surface area contributed by atoms with Crippen molar-refractivity contribution in [3.05, 3.63) is 24.2 Å². The molecule has 0 radical (unpaired) electrons. The van der Waals surface area contributed by atoms with E-state index in [9.17, 15) is 70.2 Å². The van der Waals surface area contributed by atoms with Crippen LogP contribution in [0, 0.1) is 0 Å². The Morgan fingerprint density at radius 1 is 0.393 bits per heavy atom. The van der Waals surface area contributed by atoms with Gasteiger partial charge in [-0.3, -0.25) is 0 Å². The molecule has 0 saturated heterocycles. The summed E-state index contributed by atoms with van der Waals surface area (Å²) in [6.45, 7) is 0. The molecule has 0 aromatic heterocycles. The van der Waals surface area contributed by atoms with Crippen molar-refractivity contribution in [2.75, 3.05) is 0 Å². The van der Waals surface area contributed by atoms with Gasteiger partial charge in [0.05, 0.1) is 0 Å². The molecule has 1 aliphatic rings. The summed E-state index contributed by atoms with van der Waals surface area (Å²) in [5.74, 6) is -45.9. The van der Waals surface area contributed by atoms with Gasteiger partial charge in [0.2, 0.25) is 0 Å². The average Bonchev–Trinajstić information content (AvgIpc) is 2.52. The van der Waals surface area contributed by atoms with E-state index >= 15 is 0 Å². The van der Waals surface area contributed by atoms with Crippen molar-refractivity contribution in [3.63, 3.8) is 0 Å². The van der Waals surface area contributed by atoms with E-state index in [1.807, 2.05) is 9.47 Å². The molecule has 0 aliphatic heterocycles. The Hall–Kier alpha value is -2.04. The van der Waals surface area contributed by atoms with Crippen molar-refractivity contribution in [1.29, 1.82) is 0 Å². The van der Waals surface area contributed by atoms with Crippen molar-refractivity contribution in [3.8, 4) is 0 Å². The van der Waals surface area contributed by atoms with Crippen LogP contribution in [0.4, 0.5) is 70.2 Å². The topological polar surface area (TPSA) is 18.5 Å². The van der Waals surface area contributed by atoms with Gasteiger partial charge < -0.3 is 9.47 Å². The van der Waals surface area contributed by atoms with Crippen LogP contribution in [0.1, 0.15) is 0 Å². The minimum atomic E-state index is -7.77. The zero-order valence-electron chi connectivity index (χ0n) is 11.9. The normalized spacial score (nSPS) is 32.3. The van der Waals surface area contributed by atoms with Crippen molar-refractivity contribution in [2.45, 2.75) is 35.4 Å². The van der Waals surface area contributed by atoms with E-state index in [0.29, 0.717) is 0 Å². The highest BCUT2D eigenvalue weighted by Crippen LogP contribution is 2.70. The number of rotatable bonds is 4. The molecule has 2 atom stereocenters. The molecular formula is C10F16O2. The van der Waals surface area contributed by atoms with Crippen LogP contribution in [-0.4, -0.2) is 35.4 Å². The molecule has 0 heterocycles. The molecule has 0 amide bonds. The zero-order chi connectivity index (χ0) is 22.7. The lowest BCUT2D eigenvalue weighted by molar-refractivity contribution is -0.536. The Bertz CT molecular complexity index is 648. The summed E-state index contributed by atoms with van der Waals surface area (Å²) in [7, 11) is 0. The number of hydrogen-bond acceptors (Lipinski definition) is 2. The molecule has 28 heavy (non-hydrogen) atoms. The molecule has 0 aromatic carbocycles. The van der Waals surface area contributed by atoms with E-state index in [2.05, 4.69) is 0 Å². The molecule has 0 bridgehead atoms. The molecule has 1 aliphatic carbocycles. The van der Waals surface area contributed by atoms with E-state index in [4.69, 9.17) is 0 Å². The minimum absolute atomic E-state index is 1.97. The van der Waals surface area contributed by atoms with Crippen molar-refractivity contribution in [2.24, 2.45) is 0 Å². The molecule has 0 spiro atoms. The monoisotopic (exact) mass is 456 g/mol. The van der Waals surface area contributed by atoms with Crippen LogP contribution in [0.3, 0.4) is 0 Å². The van der Waals surface area contributed by atoms with Crippen molar-refractivity contribution in [1.82, 2.24) is 0 Å². The number of hydrogen-bond donors (Lipinski definition) is 0. The fraction of sp³-hybridized carbons (Fsp3) is 0.600. The highest BCUT2D eigenvalue weighted by atomic mass is 19.4. The Morgan fingerprint density at radius 3 is 0.857 bits per heavy atom. The third kappa shape index (κ3) is 2.58. The summed E-state index contributed by atoms with van der Waals surface area (Å²) < 4.78 is 212. The van der Waals surface area contributed by atoms with E-state index in [-0.39, 0.29) is 0 Å². The Labute approximate surface area is 141 Å². The predicted octanol–water partition coefficient (Wildman–Crippen LogP) is 5.98. The van der Waals surface area contributed by atoms with Gasteiger partial charge in [-0.05, 0) is 0 Å². The Kier molecular flexibility index (Phi) is 5.34. The molecule has 0 aromatic rings. The lowest BCUT2D eigenvalue weighted by Crippen LogP contribution is -2.85. The van der Waals surface area contributed by atoms with E-state index < -0.39 is 59.6 Å². The SMILES string of the molecule is FC(F)=C(F)OC1(F)C(F)(F)C(F)(F)C(F)(F)C(F)(OC(F)=C(F)F)C1(F)F. The summed E-state index contributed by atoms with van der Waals surface area (Å²) in [5, 5.41) is 0. The lowest BCUT2D eigenvalue weighted by atomic mass is 9.77. The standard InChI is InChI=1S/C10F16O2/c11-1(12)3(15)27-9(25)6(19,20)5(17,18)7(21,22)10(26,8(9,23)24)28-4(16)2(13)14. The zero-order valence-corrected chi connectivity index (χ0v) is 11.9. The van der Waals surface area contributed by atoms with Gasteiger partial charge in [-0.25, -0.2) is 0 Å². The van der Waals surface area contributed by atoms with Crippen molar-refractivity contribution < 1.29 is 79.7 Å². The molecule has 0 N–H and O–H groups in total. The van der Waals surface area contributed by atoms with Crippen molar-refractivity contribution >= 4 is 0 Å². The van der Waals surface area contributed by atoms with E-state index in [0.717, 1.165) is 0 Å². The summed E-state index contributed by atoms with van der Waals surface area (Å²) >= 11 is 0. The van der Waals surface area contributed by atoms with Gasteiger partial charge in [-0.1, -0.05) is 0 Å². The largest absolute Gasteiger partial charge is 0.418 e. The number of ether oxygens (including phenoxy) is 2. The molecule has 1 rings (SSSR count). The number of alkyl halides is 10. The maximum absolute atomic E-state index is 13.9. The second-order valence-electron chi connectivity index (χ2n) is 4.76. The van der Waals surface area contributed by atoms with Gasteiger partial charge in [0.15, 0.2) is 0 Å². The van der Waals surface area contributed by atoms with Gasteiger partial charge in [-0.2, -0.15) is 70.2 Å². The molecule has 2 nitrogen and oxygen atoms in total. The highest BCUT2D eigenvalue weighted by Gasteiger charge is 3.03. The van der Waals surface area contributed by atoms with Crippen LogP contribution >= 0.6 is 0 Å². The van der Waals surface area contributed by atoms with Crippen LogP contribution in [0.25, 0.3) is 0 Å². The number of halogens is 16. The second kappa shape index (κ2) is 6.23. The first-order valence-electron chi connectivity index (χ1n) is 5.84. The van der Waals surface area contributed by atoms with Gasteiger partial charge in [-0.15, -0.1) is 0 Å². The van der Waals surface area contributed by atoms with Crippen LogP contribution < -0.4 is 0 Å². The maximum atomic E-state index is 13.9. The second-order valence-corrected chi connectivity index (χ2v) is 4.76. The predicted molar refractivity (Wildman–Crippen MR) is 50.3 cm³/mol. The van der Waals surface area contributed by atoms with Gasteiger partial charge in [0, 0.05) is 0 Å². The average molecular weight is 456 g/mol. The molecule has 1 saturated carbocycles. The smallest absolute Gasteiger partial charge is 0.397 e. The van der Waals surface area contributed by atoms with Gasteiger partial charge in [0.25, 0.3) is 0 Å². The third-order valence-corrected chi connectivity index (χ3v) is 3.16. The van der Waals surface area contributed by atoms with E-state index in [1.165, 1.54) is 0 Å². The fourth-order valence-electron chi connectivity index (χ4n) is 1.78. The Morgan fingerprint density at radius 2 is 0.643 bits per heavy atom. The molecule has 1 fully saturated rings.